The average molecular weight is 554 g/mol. The van der Waals surface area contributed by atoms with Crippen molar-refractivity contribution < 1.29 is 27.9 Å². The monoisotopic (exact) mass is 553 g/mol. The quantitative estimate of drug-likeness (QED) is 0.543. The molecule has 2 aliphatic heterocycles. The molecule has 3 heterocycles. The number of nitrogens with one attached hydrogen (secondary N) is 1. The molecule has 212 valence electrons. The standard InChI is InChI=1S/C29H33F2N5O4/c1-17-25(27(37)40-2)26(19-8-11-22(30)23(31)15-19)36(28(38)33-17)29(39)34-20-12-14-35(16-20)21-9-6-18(7-10-21)24-5-3-4-13-32-24/h3-5,8,11,13,15,18,20-21,25-26H,6-7,9-10,12,14,16H2,1-2H3,(H,34,39)/t18?,20-,21?,25?,26+/m1/s1. The van der Waals surface area contributed by atoms with Gasteiger partial charge in [-0.1, -0.05) is 12.1 Å². The van der Waals surface area contributed by atoms with Crippen LogP contribution in [0.5, 0.6) is 0 Å². The Kier molecular flexibility index (Phi) is 8.20. The first-order valence-electron chi connectivity index (χ1n) is 13.6. The zero-order valence-electron chi connectivity index (χ0n) is 22.6. The van der Waals surface area contributed by atoms with Crippen LogP contribution in [0, 0.1) is 17.6 Å². The third kappa shape index (κ3) is 5.60. The van der Waals surface area contributed by atoms with Gasteiger partial charge in [-0.2, -0.15) is 0 Å². The van der Waals surface area contributed by atoms with E-state index in [2.05, 4.69) is 26.3 Å². The number of aliphatic imine (C=N–C) groups is 1. The Labute approximate surface area is 231 Å². The molecule has 5 rings (SSSR count). The average Bonchev–Trinajstić information content (AvgIpc) is 3.42. The first kappa shape index (κ1) is 27.8. The lowest BCUT2D eigenvalue weighted by atomic mass is 9.83. The van der Waals surface area contributed by atoms with E-state index in [1.165, 1.54) is 20.1 Å². The molecular weight excluding hydrogens is 520 g/mol. The Balaban J connectivity index is 1.28. The van der Waals surface area contributed by atoms with E-state index in [9.17, 15) is 23.2 Å². The molecular formula is C29H33F2N5O4. The number of carbonyl (C=O) groups is 3. The minimum Gasteiger partial charge on any atom is -0.468 e. The molecule has 2 fully saturated rings. The Morgan fingerprint density at radius 3 is 2.50 bits per heavy atom. The number of carbonyl (C=O) groups excluding carboxylic acids is 3. The van der Waals surface area contributed by atoms with E-state index >= 15 is 0 Å². The van der Waals surface area contributed by atoms with Gasteiger partial charge in [-0.15, -0.1) is 0 Å². The highest BCUT2D eigenvalue weighted by Gasteiger charge is 2.46. The van der Waals surface area contributed by atoms with Gasteiger partial charge in [0.15, 0.2) is 11.6 Å². The molecule has 3 atom stereocenters. The van der Waals surface area contributed by atoms with E-state index in [1.54, 1.807) is 0 Å². The number of imide groups is 1. The fourth-order valence-corrected chi connectivity index (χ4v) is 6.28. The van der Waals surface area contributed by atoms with Crippen LogP contribution < -0.4 is 5.32 Å². The molecule has 0 bridgehead atoms. The number of urea groups is 2. The molecule has 1 aromatic heterocycles. The molecule has 1 aliphatic carbocycles. The zero-order valence-corrected chi connectivity index (χ0v) is 22.6. The Morgan fingerprint density at radius 2 is 1.82 bits per heavy atom. The third-order valence-electron chi connectivity index (χ3n) is 8.35. The normalized spacial score (nSPS) is 27.3. The molecule has 9 nitrogen and oxygen atoms in total. The predicted octanol–water partition coefficient (Wildman–Crippen LogP) is 4.60. The van der Waals surface area contributed by atoms with Gasteiger partial charge in [0, 0.05) is 48.7 Å². The number of esters is 1. The minimum absolute atomic E-state index is 0.0877. The van der Waals surface area contributed by atoms with Crippen molar-refractivity contribution in [3.05, 3.63) is 65.5 Å². The smallest absolute Gasteiger partial charge is 0.352 e. The highest BCUT2D eigenvalue weighted by atomic mass is 19.2. The minimum atomic E-state index is -1.24. The second-order valence-corrected chi connectivity index (χ2v) is 10.7. The van der Waals surface area contributed by atoms with Crippen LogP contribution in [0.4, 0.5) is 18.4 Å². The van der Waals surface area contributed by atoms with Crippen LogP contribution in [0.25, 0.3) is 0 Å². The largest absolute Gasteiger partial charge is 0.468 e. The van der Waals surface area contributed by atoms with Crippen molar-refractivity contribution in [2.45, 2.75) is 63.1 Å². The molecule has 1 unspecified atom stereocenters. The van der Waals surface area contributed by atoms with E-state index in [1.807, 2.05) is 18.3 Å². The number of hydrogen-bond acceptors (Lipinski definition) is 6. The number of amides is 4. The molecule has 1 saturated heterocycles. The summed E-state index contributed by atoms with van der Waals surface area (Å²) in [6, 6.07) is 6.39. The van der Waals surface area contributed by atoms with Crippen molar-refractivity contribution in [3.63, 3.8) is 0 Å². The number of rotatable bonds is 5. The summed E-state index contributed by atoms with van der Waals surface area (Å²) in [6.07, 6.45) is 6.73. The van der Waals surface area contributed by atoms with Crippen LogP contribution in [-0.2, 0) is 9.53 Å². The summed E-state index contributed by atoms with van der Waals surface area (Å²) in [5, 5.41) is 2.93. The maximum absolute atomic E-state index is 14.2. The fraction of sp³-hybridized carbons (Fsp3) is 0.483. The van der Waals surface area contributed by atoms with Gasteiger partial charge in [0.05, 0.1) is 13.2 Å². The van der Waals surface area contributed by atoms with Crippen molar-refractivity contribution in [1.29, 1.82) is 0 Å². The highest BCUT2D eigenvalue weighted by molar-refractivity contribution is 6.11. The van der Waals surface area contributed by atoms with Gasteiger partial charge in [0.1, 0.15) is 5.92 Å². The summed E-state index contributed by atoms with van der Waals surface area (Å²) < 4.78 is 32.8. The number of methoxy groups -OCH3 is 1. The van der Waals surface area contributed by atoms with E-state index in [4.69, 9.17) is 4.74 Å². The molecule has 1 aromatic carbocycles. The van der Waals surface area contributed by atoms with Crippen molar-refractivity contribution in [3.8, 4) is 0 Å². The maximum Gasteiger partial charge on any atom is 0.352 e. The molecule has 40 heavy (non-hydrogen) atoms. The lowest BCUT2D eigenvalue weighted by Crippen LogP contribution is -2.54. The lowest BCUT2D eigenvalue weighted by molar-refractivity contribution is -0.144. The van der Waals surface area contributed by atoms with Gasteiger partial charge < -0.3 is 10.1 Å². The van der Waals surface area contributed by atoms with Gasteiger partial charge >= 0.3 is 18.0 Å². The summed E-state index contributed by atoms with van der Waals surface area (Å²) in [7, 11) is 1.18. The molecule has 0 spiro atoms. The maximum atomic E-state index is 14.2. The van der Waals surface area contributed by atoms with Crippen molar-refractivity contribution in [2.24, 2.45) is 10.9 Å². The summed E-state index contributed by atoms with van der Waals surface area (Å²) >= 11 is 0. The molecule has 3 aliphatic rings. The number of halogens is 2. The van der Waals surface area contributed by atoms with E-state index in [-0.39, 0.29) is 17.3 Å². The number of benzene rings is 1. The van der Waals surface area contributed by atoms with Gasteiger partial charge in [-0.3, -0.25) is 14.7 Å². The number of nitrogens with zero attached hydrogens (tertiary/aromatic N) is 4. The molecule has 2 aromatic rings. The second kappa shape index (κ2) is 11.8. The number of pyridine rings is 1. The summed E-state index contributed by atoms with van der Waals surface area (Å²) in [5.74, 6) is -3.68. The first-order valence-corrected chi connectivity index (χ1v) is 13.6. The van der Waals surface area contributed by atoms with Crippen LogP contribution in [0.15, 0.2) is 47.6 Å². The highest BCUT2D eigenvalue weighted by Crippen LogP contribution is 2.37. The van der Waals surface area contributed by atoms with Gasteiger partial charge in [-0.25, -0.2) is 28.3 Å². The van der Waals surface area contributed by atoms with Crippen LogP contribution in [0.2, 0.25) is 0 Å². The van der Waals surface area contributed by atoms with Crippen molar-refractivity contribution >= 4 is 23.7 Å². The summed E-state index contributed by atoms with van der Waals surface area (Å²) in [5.41, 5.74) is 1.35. The number of aromatic nitrogens is 1. The van der Waals surface area contributed by atoms with Gasteiger partial charge in [-0.05, 0) is 68.9 Å². The fourth-order valence-electron chi connectivity index (χ4n) is 6.28. The third-order valence-corrected chi connectivity index (χ3v) is 8.35. The van der Waals surface area contributed by atoms with Crippen LogP contribution in [0.1, 0.15) is 62.2 Å². The Hall–Kier alpha value is -3.73. The summed E-state index contributed by atoms with van der Waals surface area (Å²) in [6.45, 7) is 2.91. The zero-order chi connectivity index (χ0) is 28.4. The lowest BCUT2D eigenvalue weighted by Gasteiger charge is -2.37. The van der Waals surface area contributed by atoms with E-state index in [0.29, 0.717) is 24.9 Å². The van der Waals surface area contributed by atoms with Crippen LogP contribution >= 0.6 is 0 Å². The van der Waals surface area contributed by atoms with Crippen molar-refractivity contribution in [2.75, 3.05) is 20.2 Å². The Bertz CT molecular complexity index is 1300. The Morgan fingerprint density at radius 1 is 1.05 bits per heavy atom. The predicted molar refractivity (Wildman–Crippen MR) is 143 cm³/mol. The summed E-state index contributed by atoms with van der Waals surface area (Å²) in [4.78, 5) is 50.9. The number of hydrogen-bond donors (Lipinski definition) is 1. The molecule has 11 heteroatoms. The van der Waals surface area contributed by atoms with E-state index < -0.39 is 41.6 Å². The molecule has 1 N–H and O–H groups in total. The first-order chi connectivity index (χ1) is 19.3. The van der Waals surface area contributed by atoms with Gasteiger partial charge in [0.2, 0.25) is 0 Å². The van der Waals surface area contributed by atoms with Crippen LogP contribution in [0.3, 0.4) is 0 Å². The number of likely N-dealkylation sites (tertiary alicyclic amines) is 1. The molecule has 0 radical (unpaired) electrons. The topological polar surface area (TPSA) is 104 Å². The van der Waals surface area contributed by atoms with Crippen LogP contribution in [-0.4, -0.2) is 70.8 Å². The molecule has 1 saturated carbocycles. The van der Waals surface area contributed by atoms with E-state index in [0.717, 1.165) is 55.0 Å². The number of ether oxygens (including phenoxy) is 1. The SMILES string of the molecule is COC(=O)C1C(C)=NC(=O)N(C(=O)N[C@@H]2CCN(C3CCC(c4ccccn4)CC3)C2)[C@H]1c1ccc(F)c(F)c1. The van der Waals surface area contributed by atoms with Gasteiger partial charge in [0.25, 0.3) is 0 Å². The van der Waals surface area contributed by atoms with Crippen molar-refractivity contribution in [1.82, 2.24) is 20.1 Å². The molecule has 4 amide bonds. The second-order valence-electron chi connectivity index (χ2n) is 10.7.